The number of aryl methyl sites for hydroxylation is 2. The lowest BCUT2D eigenvalue weighted by molar-refractivity contribution is -0.144. The Bertz CT molecular complexity index is 1230. The number of nitrogens with one attached hydrogen (secondary N) is 2. The second kappa shape index (κ2) is 17.3. The summed E-state index contributed by atoms with van der Waals surface area (Å²) in [6.07, 6.45) is 3.90. The second-order valence-corrected chi connectivity index (χ2v) is 12.1. The van der Waals surface area contributed by atoms with E-state index >= 15 is 0 Å². The molecule has 2 atom stereocenters. The lowest BCUT2D eigenvalue weighted by Gasteiger charge is -2.35. The smallest absolute Gasteiger partial charge is 0.408 e. The van der Waals surface area contributed by atoms with Crippen molar-refractivity contribution < 1.29 is 33.8 Å². The minimum Gasteiger partial charge on any atom is -0.508 e. The van der Waals surface area contributed by atoms with Crippen molar-refractivity contribution in [2.45, 2.75) is 97.8 Å². The van der Waals surface area contributed by atoms with E-state index in [4.69, 9.17) is 9.47 Å². The van der Waals surface area contributed by atoms with Crippen LogP contribution in [-0.4, -0.2) is 65.7 Å². The molecule has 242 valence electrons. The van der Waals surface area contributed by atoms with Gasteiger partial charge in [0, 0.05) is 13.0 Å². The quantitative estimate of drug-likeness (QED) is 0.184. The molecule has 0 aliphatic carbocycles. The molecule has 44 heavy (non-hydrogen) atoms. The molecule has 3 amide bonds. The fourth-order valence-corrected chi connectivity index (χ4v) is 4.94. The maximum Gasteiger partial charge on any atom is 0.408 e. The van der Waals surface area contributed by atoms with Gasteiger partial charge in [-0.15, -0.1) is 0 Å². The first kappa shape index (κ1) is 36.1. The predicted octanol–water partition coefficient (Wildman–Crippen LogP) is 5.27. The molecule has 0 spiro atoms. The first-order chi connectivity index (χ1) is 20.7. The summed E-state index contributed by atoms with van der Waals surface area (Å²) in [5.41, 5.74) is 2.30. The molecule has 0 fully saturated rings. The van der Waals surface area contributed by atoms with Crippen molar-refractivity contribution >= 4 is 23.9 Å². The van der Waals surface area contributed by atoms with Crippen LogP contribution >= 0.6 is 0 Å². The molecular formula is C34H49N3O7. The number of hydrogen-bond acceptors (Lipinski definition) is 7. The fourth-order valence-electron chi connectivity index (χ4n) is 4.94. The lowest BCUT2D eigenvalue weighted by Crippen LogP contribution is -2.54. The highest BCUT2D eigenvalue weighted by atomic mass is 16.6. The van der Waals surface area contributed by atoms with Crippen molar-refractivity contribution in [2.75, 3.05) is 20.2 Å². The summed E-state index contributed by atoms with van der Waals surface area (Å²) in [5, 5.41) is 15.2. The zero-order valence-electron chi connectivity index (χ0n) is 27.2. The number of amides is 3. The third-order valence-corrected chi connectivity index (χ3v) is 6.91. The summed E-state index contributed by atoms with van der Waals surface area (Å²) in [5.74, 6) is -1.56. The molecule has 3 N–H and O–H groups in total. The predicted molar refractivity (Wildman–Crippen MR) is 169 cm³/mol. The van der Waals surface area contributed by atoms with Gasteiger partial charge < -0.3 is 30.1 Å². The number of unbranched alkanes of at least 4 members (excludes halogenated alkanes) is 4. The van der Waals surface area contributed by atoms with Crippen LogP contribution in [0.1, 0.15) is 88.1 Å². The highest BCUT2D eigenvalue weighted by molar-refractivity contribution is 5.93. The van der Waals surface area contributed by atoms with Gasteiger partial charge >= 0.3 is 12.1 Å². The Hall–Kier alpha value is -4.08. The number of ether oxygens (including phenoxy) is 2. The van der Waals surface area contributed by atoms with Crippen LogP contribution in [0.5, 0.6) is 5.75 Å². The summed E-state index contributed by atoms with van der Waals surface area (Å²) >= 11 is 0. The molecule has 2 aromatic rings. The number of nitrogens with zero attached hydrogens (tertiary/aromatic N) is 1. The van der Waals surface area contributed by atoms with Crippen molar-refractivity contribution in [3.8, 4) is 5.75 Å². The summed E-state index contributed by atoms with van der Waals surface area (Å²) in [4.78, 5) is 54.8. The number of alkyl carbamates (subject to hydrolysis) is 1. The first-order valence-corrected chi connectivity index (χ1v) is 15.2. The Labute approximate surface area is 261 Å². The Kier molecular flexibility index (Phi) is 14.2. The van der Waals surface area contributed by atoms with E-state index in [1.54, 1.807) is 32.9 Å². The minimum atomic E-state index is -1.09. The zero-order valence-corrected chi connectivity index (χ0v) is 27.2. The van der Waals surface area contributed by atoms with E-state index in [1.165, 1.54) is 24.1 Å². The third kappa shape index (κ3) is 12.3. The molecule has 0 heterocycles. The minimum absolute atomic E-state index is 0.0718. The van der Waals surface area contributed by atoms with Gasteiger partial charge in [-0.25, -0.2) is 4.79 Å². The van der Waals surface area contributed by atoms with Crippen LogP contribution < -0.4 is 10.6 Å². The van der Waals surface area contributed by atoms with E-state index in [0.717, 1.165) is 36.8 Å². The van der Waals surface area contributed by atoms with Crippen LogP contribution in [0.15, 0.2) is 42.5 Å². The van der Waals surface area contributed by atoms with Gasteiger partial charge in [-0.3, -0.25) is 14.4 Å². The molecule has 0 saturated carbocycles. The van der Waals surface area contributed by atoms with Gasteiger partial charge in [0.1, 0.15) is 30.0 Å². The number of carbonyl (C=O) groups excluding carboxylic acids is 4. The highest BCUT2D eigenvalue weighted by Gasteiger charge is 2.36. The van der Waals surface area contributed by atoms with Gasteiger partial charge in [-0.05, 0) is 64.3 Å². The Balaban J connectivity index is 2.60. The Morgan fingerprint density at radius 1 is 0.932 bits per heavy atom. The maximum atomic E-state index is 14.6. The molecule has 0 bridgehead atoms. The topological polar surface area (TPSA) is 134 Å². The molecule has 0 aliphatic rings. The molecule has 2 aromatic carbocycles. The number of rotatable bonds is 15. The maximum absolute atomic E-state index is 14.6. The van der Waals surface area contributed by atoms with E-state index in [0.29, 0.717) is 17.5 Å². The van der Waals surface area contributed by atoms with Gasteiger partial charge in [0.05, 0.1) is 7.11 Å². The van der Waals surface area contributed by atoms with E-state index in [-0.39, 0.29) is 25.3 Å². The number of esters is 1. The van der Waals surface area contributed by atoms with E-state index < -0.39 is 41.6 Å². The van der Waals surface area contributed by atoms with E-state index in [1.807, 2.05) is 32.0 Å². The highest BCUT2D eigenvalue weighted by Crippen LogP contribution is 2.26. The fraction of sp³-hybridized carbons (Fsp3) is 0.529. The number of aromatic hydroxyl groups is 1. The number of benzene rings is 2. The van der Waals surface area contributed by atoms with Crippen molar-refractivity contribution in [1.82, 2.24) is 15.5 Å². The molecule has 2 unspecified atom stereocenters. The number of carbonyl (C=O) groups is 4. The SMILES string of the molecule is CCCCCCCN(C(=O)C(Cc1ccc(O)cc1)NC(=O)OC(C)(C)C)C(C(=O)NCC(=O)OC)c1cc(C)cc(C)c1. The number of methoxy groups -OCH3 is 1. The van der Waals surface area contributed by atoms with Crippen molar-refractivity contribution in [2.24, 2.45) is 0 Å². The molecule has 0 aromatic heterocycles. The lowest BCUT2D eigenvalue weighted by atomic mass is 9.97. The molecule has 10 heteroatoms. The summed E-state index contributed by atoms with van der Waals surface area (Å²) in [6, 6.07) is 9.86. The van der Waals surface area contributed by atoms with Gasteiger partial charge in [-0.1, -0.05) is 74.1 Å². The molecule has 0 saturated heterocycles. The third-order valence-electron chi connectivity index (χ3n) is 6.91. The van der Waals surface area contributed by atoms with Crippen molar-refractivity contribution in [1.29, 1.82) is 0 Å². The number of phenolic OH excluding ortho intramolecular Hbond substituents is 1. The Morgan fingerprint density at radius 2 is 1.55 bits per heavy atom. The summed E-state index contributed by atoms with van der Waals surface area (Å²) < 4.78 is 10.2. The van der Waals surface area contributed by atoms with Crippen molar-refractivity contribution in [3.05, 3.63) is 64.7 Å². The summed E-state index contributed by atoms with van der Waals surface area (Å²) in [6.45, 7) is 11.0. The standard InChI is InChI=1S/C34H49N3O7/c1-8-9-10-11-12-17-37(30(31(40)35-22-29(39)43-7)26-19-23(2)18-24(3)20-26)32(41)28(36-33(42)44-34(4,5)6)21-25-13-15-27(38)16-14-25/h13-16,18-20,28,30,38H,8-12,17,21-22H2,1-7H3,(H,35,40)(H,36,42). The average Bonchev–Trinajstić information content (AvgIpc) is 2.94. The Morgan fingerprint density at radius 3 is 2.11 bits per heavy atom. The molecule has 0 aliphatic heterocycles. The van der Waals surface area contributed by atoms with E-state index in [2.05, 4.69) is 17.6 Å². The average molecular weight is 612 g/mol. The second-order valence-electron chi connectivity index (χ2n) is 12.1. The molecule has 2 rings (SSSR count). The number of hydrogen-bond donors (Lipinski definition) is 3. The van der Waals surface area contributed by atoms with Crippen LogP contribution in [0.2, 0.25) is 0 Å². The van der Waals surface area contributed by atoms with Gasteiger partial charge in [0.15, 0.2) is 0 Å². The zero-order chi connectivity index (χ0) is 32.9. The molecular weight excluding hydrogens is 562 g/mol. The van der Waals surface area contributed by atoms with Crippen LogP contribution in [-0.2, 0) is 30.3 Å². The molecule has 0 radical (unpaired) electrons. The molecule has 10 nitrogen and oxygen atoms in total. The van der Waals surface area contributed by atoms with Crippen LogP contribution in [0.3, 0.4) is 0 Å². The van der Waals surface area contributed by atoms with Gasteiger partial charge in [0.2, 0.25) is 11.8 Å². The van der Waals surface area contributed by atoms with Crippen LogP contribution in [0.25, 0.3) is 0 Å². The summed E-state index contributed by atoms with van der Waals surface area (Å²) in [7, 11) is 1.23. The monoisotopic (exact) mass is 611 g/mol. The largest absolute Gasteiger partial charge is 0.508 e. The first-order valence-electron chi connectivity index (χ1n) is 15.2. The van der Waals surface area contributed by atoms with Gasteiger partial charge in [0.25, 0.3) is 0 Å². The van der Waals surface area contributed by atoms with Crippen LogP contribution in [0, 0.1) is 13.8 Å². The number of phenols is 1. The van der Waals surface area contributed by atoms with Crippen LogP contribution in [0.4, 0.5) is 4.79 Å². The van der Waals surface area contributed by atoms with Gasteiger partial charge in [-0.2, -0.15) is 0 Å². The normalized spacial score (nSPS) is 12.5. The van der Waals surface area contributed by atoms with E-state index in [9.17, 15) is 24.3 Å². The van der Waals surface area contributed by atoms with Crippen molar-refractivity contribution in [3.63, 3.8) is 0 Å².